The van der Waals surface area contributed by atoms with E-state index >= 15 is 0 Å². The highest BCUT2D eigenvalue weighted by Crippen LogP contribution is 2.20. The molecule has 0 saturated carbocycles. The Morgan fingerprint density at radius 3 is 2.43 bits per heavy atom. The second kappa shape index (κ2) is 6.41. The van der Waals surface area contributed by atoms with Crippen LogP contribution in [0.5, 0.6) is 0 Å². The van der Waals surface area contributed by atoms with Crippen molar-refractivity contribution in [3.8, 4) is 0 Å². The van der Waals surface area contributed by atoms with Crippen LogP contribution in [0.1, 0.15) is 44.8 Å². The second-order valence-corrected chi connectivity index (χ2v) is 6.96. The lowest BCUT2D eigenvalue weighted by Crippen LogP contribution is -2.28. The molecule has 0 aliphatic rings. The first kappa shape index (κ1) is 15.7. The highest BCUT2D eigenvalue weighted by atomic mass is 32.2. The van der Waals surface area contributed by atoms with Gasteiger partial charge in [-0.05, 0) is 25.8 Å². The molecule has 0 aliphatic carbocycles. The first-order valence-electron chi connectivity index (χ1n) is 7.05. The summed E-state index contributed by atoms with van der Waals surface area (Å²) in [7, 11) is -3.57. The molecule has 0 spiro atoms. The van der Waals surface area contributed by atoms with Gasteiger partial charge in [0.2, 0.25) is 10.0 Å². The predicted molar refractivity (Wildman–Crippen MR) is 82.4 cm³/mol. The van der Waals surface area contributed by atoms with Crippen molar-refractivity contribution >= 4 is 10.0 Å². The maximum atomic E-state index is 12.4. The summed E-state index contributed by atoms with van der Waals surface area (Å²) in [6, 6.07) is 9.47. The number of nitrogens with zero attached hydrogens (tertiary/aromatic N) is 2. The van der Waals surface area contributed by atoms with Crippen molar-refractivity contribution in [3.63, 3.8) is 0 Å². The van der Waals surface area contributed by atoms with Crippen LogP contribution < -0.4 is 4.72 Å². The molecule has 0 fully saturated rings. The fraction of sp³-hybridized carbons (Fsp3) is 0.400. The van der Waals surface area contributed by atoms with Crippen molar-refractivity contribution in [1.82, 2.24) is 14.5 Å². The number of rotatable bonds is 6. The highest BCUT2D eigenvalue weighted by molar-refractivity contribution is 7.89. The molecule has 1 heterocycles. The largest absolute Gasteiger partial charge is 0.269 e. The zero-order valence-corrected chi connectivity index (χ0v) is 13.3. The summed E-state index contributed by atoms with van der Waals surface area (Å²) in [6.07, 6.45) is 3.63. The van der Waals surface area contributed by atoms with E-state index in [1.807, 2.05) is 51.1 Å². The molecule has 2 aromatic rings. The van der Waals surface area contributed by atoms with E-state index in [1.54, 1.807) is 10.9 Å². The molecule has 1 aromatic carbocycles. The van der Waals surface area contributed by atoms with Gasteiger partial charge in [-0.3, -0.25) is 4.68 Å². The molecule has 0 amide bonds. The van der Waals surface area contributed by atoms with Gasteiger partial charge in [0, 0.05) is 18.3 Å². The number of benzene rings is 1. The number of hydrogen-bond acceptors (Lipinski definition) is 3. The van der Waals surface area contributed by atoms with Crippen LogP contribution in [0.15, 0.2) is 47.6 Å². The maximum absolute atomic E-state index is 12.4. The monoisotopic (exact) mass is 307 g/mol. The number of hydrogen-bond donors (Lipinski definition) is 1. The van der Waals surface area contributed by atoms with Crippen LogP contribution in [-0.2, 0) is 10.0 Å². The van der Waals surface area contributed by atoms with E-state index < -0.39 is 10.0 Å². The normalized spacial score (nSPS) is 13.5. The van der Waals surface area contributed by atoms with Crippen molar-refractivity contribution in [1.29, 1.82) is 0 Å². The summed E-state index contributed by atoms with van der Waals surface area (Å²) in [4.78, 5) is 0.200. The van der Waals surface area contributed by atoms with E-state index in [0.29, 0.717) is 6.42 Å². The predicted octanol–water partition coefficient (Wildman–Crippen LogP) is 2.89. The molecule has 0 radical (unpaired) electrons. The summed E-state index contributed by atoms with van der Waals surface area (Å²) >= 11 is 0. The molecular formula is C15H21N3O2S. The molecule has 21 heavy (non-hydrogen) atoms. The maximum Gasteiger partial charge on any atom is 0.244 e. The van der Waals surface area contributed by atoms with Crippen LogP contribution in [0.3, 0.4) is 0 Å². The minimum absolute atomic E-state index is 0.130. The standard InChI is InChI=1S/C15H21N3O2S/c1-4-15(13-8-6-5-7-9-13)17-21(19,20)14-10-16-18(11-14)12(2)3/h5-12,15,17H,4H2,1-3H3/t15-/m0/s1. The van der Waals surface area contributed by atoms with Crippen LogP contribution in [0.4, 0.5) is 0 Å². The van der Waals surface area contributed by atoms with Crippen LogP contribution in [-0.4, -0.2) is 18.2 Å². The number of sulfonamides is 1. The van der Waals surface area contributed by atoms with E-state index in [2.05, 4.69) is 9.82 Å². The van der Waals surface area contributed by atoms with E-state index in [1.165, 1.54) is 6.20 Å². The van der Waals surface area contributed by atoms with Gasteiger partial charge in [0.15, 0.2) is 0 Å². The third kappa shape index (κ3) is 3.71. The summed E-state index contributed by atoms with van der Waals surface area (Å²) in [6.45, 7) is 5.86. The van der Waals surface area contributed by atoms with Crippen molar-refractivity contribution in [3.05, 3.63) is 48.3 Å². The van der Waals surface area contributed by atoms with E-state index in [4.69, 9.17) is 0 Å². The van der Waals surface area contributed by atoms with Crippen molar-refractivity contribution < 1.29 is 8.42 Å². The lowest BCUT2D eigenvalue weighted by molar-refractivity contribution is 0.529. The minimum atomic E-state index is -3.57. The Balaban J connectivity index is 2.23. The van der Waals surface area contributed by atoms with Gasteiger partial charge in [0.25, 0.3) is 0 Å². The molecular weight excluding hydrogens is 286 g/mol. The van der Waals surface area contributed by atoms with Gasteiger partial charge in [0.05, 0.1) is 6.20 Å². The van der Waals surface area contributed by atoms with Gasteiger partial charge < -0.3 is 0 Å². The minimum Gasteiger partial charge on any atom is -0.269 e. The lowest BCUT2D eigenvalue weighted by atomic mass is 10.1. The van der Waals surface area contributed by atoms with Crippen molar-refractivity contribution in [2.75, 3.05) is 0 Å². The fourth-order valence-electron chi connectivity index (χ4n) is 2.07. The quantitative estimate of drug-likeness (QED) is 0.892. The molecule has 5 nitrogen and oxygen atoms in total. The average molecular weight is 307 g/mol. The Morgan fingerprint density at radius 2 is 1.90 bits per heavy atom. The molecule has 114 valence electrons. The van der Waals surface area contributed by atoms with Gasteiger partial charge in [-0.2, -0.15) is 5.10 Å². The Kier molecular flexibility index (Phi) is 4.80. The van der Waals surface area contributed by atoms with Crippen LogP contribution in [0, 0.1) is 0 Å². The third-order valence-corrected chi connectivity index (χ3v) is 4.75. The highest BCUT2D eigenvalue weighted by Gasteiger charge is 2.22. The topological polar surface area (TPSA) is 64.0 Å². The second-order valence-electron chi connectivity index (χ2n) is 5.24. The lowest BCUT2D eigenvalue weighted by Gasteiger charge is -2.16. The zero-order chi connectivity index (χ0) is 15.5. The molecule has 0 aliphatic heterocycles. The molecule has 1 aromatic heterocycles. The zero-order valence-electron chi connectivity index (χ0n) is 12.5. The molecule has 1 atom stereocenters. The molecule has 2 rings (SSSR count). The van der Waals surface area contributed by atoms with Gasteiger partial charge in [0.1, 0.15) is 4.90 Å². The van der Waals surface area contributed by atoms with Crippen LogP contribution in [0.2, 0.25) is 0 Å². The molecule has 6 heteroatoms. The van der Waals surface area contributed by atoms with Gasteiger partial charge >= 0.3 is 0 Å². The summed E-state index contributed by atoms with van der Waals surface area (Å²) in [5.74, 6) is 0. The van der Waals surface area contributed by atoms with E-state index in [0.717, 1.165) is 5.56 Å². The van der Waals surface area contributed by atoms with Gasteiger partial charge in [-0.25, -0.2) is 13.1 Å². The average Bonchev–Trinajstić information content (AvgIpc) is 2.96. The molecule has 1 N–H and O–H groups in total. The van der Waals surface area contributed by atoms with Gasteiger partial charge in [-0.15, -0.1) is 0 Å². The van der Waals surface area contributed by atoms with E-state index in [9.17, 15) is 8.42 Å². The summed E-state index contributed by atoms with van der Waals surface area (Å²) in [5.41, 5.74) is 0.958. The summed E-state index contributed by atoms with van der Waals surface area (Å²) < 4.78 is 29.3. The SMILES string of the molecule is CC[C@H](NS(=O)(=O)c1cnn(C(C)C)c1)c1ccccc1. The van der Waals surface area contributed by atoms with Crippen molar-refractivity contribution in [2.45, 2.75) is 44.2 Å². The Hall–Kier alpha value is -1.66. The third-order valence-electron chi connectivity index (χ3n) is 3.32. The van der Waals surface area contributed by atoms with E-state index in [-0.39, 0.29) is 17.0 Å². The first-order valence-corrected chi connectivity index (χ1v) is 8.53. The number of nitrogens with one attached hydrogen (secondary N) is 1. The number of aromatic nitrogens is 2. The Labute approximate surface area is 126 Å². The molecule has 0 saturated heterocycles. The molecule has 0 bridgehead atoms. The van der Waals surface area contributed by atoms with Gasteiger partial charge in [-0.1, -0.05) is 37.3 Å². The molecule has 0 unspecified atom stereocenters. The Morgan fingerprint density at radius 1 is 1.24 bits per heavy atom. The Bertz CT molecular complexity index is 678. The first-order chi connectivity index (χ1) is 9.94. The van der Waals surface area contributed by atoms with Crippen molar-refractivity contribution in [2.24, 2.45) is 0 Å². The smallest absolute Gasteiger partial charge is 0.244 e. The fourth-order valence-corrected chi connectivity index (χ4v) is 3.32. The van der Waals surface area contributed by atoms with Crippen LogP contribution in [0.25, 0.3) is 0 Å². The summed E-state index contributed by atoms with van der Waals surface area (Å²) in [5, 5.41) is 4.09. The van der Waals surface area contributed by atoms with Crippen LogP contribution >= 0.6 is 0 Å².